The van der Waals surface area contributed by atoms with E-state index in [0.29, 0.717) is 35.1 Å². The van der Waals surface area contributed by atoms with Crippen molar-refractivity contribution in [1.82, 2.24) is 5.43 Å². The van der Waals surface area contributed by atoms with E-state index < -0.39 is 11.8 Å². The Kier molecular flexibility index (Phi) is 8.33. The van der Waals surface area contributed by atoms with E-state index in [2.05, 4.69) is 34.0 Å². The molecule has 0 atom stereocenters. The average Bonchev–Trinajstić information content (AvgIpc) is 2.92. The molecule has 8 heteroatoms. The number of para-hydroxylation sites is 2. The molecule has 188 valence electrons. The SMILES string of the molecule is COc1ccccc1NC(=O)CC(=O)NN=Cc1ccc(OCc2cccc3ccccc23)c(OC)c1. The third-order valence-corrected chi connectivity index (χ3v) is 5.56. The van der Waals surface area contributed by atoms with Crippen LogP contribution in [0, 0.1) is 0 Å². The van der Waals surface area contributed by atoms with Gasteiger partial charge in [-0.3, -0.25) is 9.59 Å². The predicted octanol–water partition coefficient (Wildman–Crippen LogP) is 4.91. The molecule has 8 nitrogen and oxygen atoms in total. The number of fused-ring (bicyclic) bond motifs is 1. The van der Waals surface area contributed by atoms with E-state index in [0.717, 1.165) is 16.3 Å². The van der Waals surface area contributed by atoms with Crippen LogP contribution in [0.1, 0.15) is 17.5 Å². The van der Waals surface area contributed by atoms with Gasteiger partial charge in [-0.15, -0.1) is 0 Å². The van der Waals surface area contributed by atoms with Gasteiger partial charge in [0.1, 0.15) is 18.8 Å². The summed E-state index contributed by atoms with van der Waals surface area (Å²) < 4.78 is 16.7. The summed E-state index contributed by atoms with van der Waals surface area (Å²) in [5.41, 5.74) is 4.61. The Labute approximate surface area is 214 Å². The first kappa shape index (κ1) is 25.2. The lowest BCUT2D eigenvalue weighted by molar-refractivity contribution is -0.126. The Hall–Kier alpha value is -4.85. The lowest BCUT2D eigenvalue weighted by atomic mass is 10.1. The summed E-state index contributed by atoms with van der Waals surface area (Å²) in [5, 5.41) is 8.88. The molecule has 4 aromatic rings. The highest BCUT2D eigenvalue weighted by atomic mass is 16.5. The zero-order valence-electron chi connectivity index (χ0n) is 20.6. The Bertz CT molecular complexity index is 1430. The van der Waals surface area contributed by atoms with Gasteiger partial charge in [-0.2, -0.15) is 5.10 Å². The summed E-state index contributed by atoms with van der Waals surface area (Å²) in [6, 6.07) is 26.6. The highest BCUT2D eigenvalue weighted by Crippen LogP contribution is 2.29. The van der Waals surface area contributed by atoms with Gasteiger partial charge < -0.3 is 19.5 Å². The Morgan fingerprint density at radius 2 is 1.57 bits per heavy atom. The second-order valence-electron chi connectivity index (χ2n) is 8.06. The van der Waals surface area contributed by atoms with E-state index in [1.807, 2.05) is 24.3 Å². The highest BCUT2D eigenvalue weighted by Gasteiger charge is 2.12. The van der Waals surface area contributed by atoms with Crippen LogP contribution in [0.4, 0.5) is 5.69 Å². The van der Waals surface area contributed by atoms with E-state index in [1.54, 1.807) is 49.6 Å². The van der Waals surface area contributed by atoms with Crippen molar-refractivity contribution < 1.29 is 23.8 Å². The molecule has 0 aliphatic carbocycles. The van der Waals surface area contributed by atoms with Crippen molar-refractivity contribution in [3.05, 3.63) is 96.1 Å². The standard InChI is InChI=1S/C29H27N3O5/c1-35-25-13-6-5-12-24(25)31-28(33)17-29(34)32-30-18-20-14-15-26(27(16-20)36-2)37-19-22-10-7-9-21-8-3-4-11-23(21)22/h3-16,18H,17,19H2,1-2H3,(H,31,33)(H,32,34). The summed E-state index contributed by atoms with van der Waals surface area (Å²) in [4.78, 5) is 24.3. The fourth-order valence-electron chi connectivity index (χ4n) is 3.76. The Morgan fingerprint density at radius 3 is 2.41 bits per heavy atom. The fraction of sp³-hybridized carbons (Fsp3) is 0.138. The third kappa shape index (κ3) is 6.64. The second kappa shape index (κ2) is 12.2. The van der Waals surface area contributed by atoms with Crippen molar-refractivity contribution in [3.8, 4) is 17.2 Å². The molecular weight excluding hydrogens is 470 g/mol. The van der Waals surface area contributed by atoms with Crippen LogP contribution < -0.4 is 25.0 Å². The predicted molar refractivity (Wildman–Crippen MR) is 143 cm³/mol. The van der Waals surface area contributed by atoms with Crippen LogP contribution >= 0.6 is 0 Å². The Morgan fingerprint density at radius 1 is 0.811 bits per heavy atom. The summed E-state index contributed by atoms with van der Waals surface area (Å²) in [6.45, 7) is 0.387. The van der Waals surface area contributed by atoms with Crippen LogP contribution in [0.3, 0.4) is 0 Å². The summed E-state index contributed by atoms with van der Waals surface area (Å²) in [6.07, 6.45) is 1.08. The first-order chi connectivity index (χ1) is 18.1. The van der Waals surface area contributed by atoms with Gasteiger partial charge in [0.25, 0.3) is 0 Å². The Balaban J connectivity index is 1.32. The van der Waals surface area contributed by atoms with Crippen molar-refractivity contribution in [3.63, 3.8) is 0 Å². The minimum atomic E-state index is -0.550. The largest absolute Gasteiger partial charge is 0.495 e. The molecule has 0 heterocycles. The van der Waals surface area contributed by atoms with E-state index >= 15 is 0 Å². The molecule has 0 spiro atoms. The molecule has 0 bridgehead atoms. The van der Waals surface area contributed by atoms with Gasteiger partial charge in [-0.1, -0.05) is 54.6 Å². The third-order valence-electron chi connectivity index (χ3n) is 5.56. The minimum Gasteiger partial charge on any atom is -0.495 e. The van der Waals surface area contributed by atoms with Crippen LogP contribution in [-0.2, 0) is 16.2 Å². The molecule has 0 saturated heterocycles. The number of anilines is 1. The van der Waals surface area contributed by atoms with Crippen molar-refractivity contribution in [2.24, 2.45) is 5.10 Å². The molecule has 0 radical (unpaired) electrons. The highest BCUT2D eigenvalue weighted by molar-refractivity contribution is 6.04. The van der Waals surface area contributed by atoms with Crippen LogP contribution in [0.25, 0.3) is 10.8 Å². The number of amides is 2. The molecule has 4 aromatic carbocycles. The maximum absolute atomic E-state index is 12.2. The lowest BCUT2D eigenvalue weighted by Crippen LogP contribution is -2.24. The number of rotatable bonds is 10. The molecule has 0 aliphatic rings. The molecule has 4 rings (SSSR count). The molecular formula is C29H27N3O5. The number of hydrogen-bond acceptors (Lipinski definition) is 6. The van der Waals surface area contributed by atoms with E-state index in [1.165, 1.54) is 13.3 Å². The summed E-state index contributed by atoms with van der Waals surface area (Å²) in [7, 11) is 3.06. The van der Waals surface area contributed by atoms with Crippen LogP contribution in [0.5, 0.6) is 17.2 Å². The minimum absolute atomic E-state index is 0.387. The number of carbonyl (C=O) groups excluding carboxylic acids is 2. The molecule has 0 aromatic heterocycles. The van der Waals surface area contributed by atoms with Gasteiger partial charge in [0.05, 0.1) is 26.1 Å². The molecule has 37 heavy (non-hydrogen) atoms. The zero-order valence-corrected chi connectivity index (χ0v) is 20.6. The first-order valence-corrected chi connectivity index (χ1v) is 11.6. The van der Waals surface area contributed by atoms with Crippen LogP contribution in [0.15, 0.2) is 90.0 Å². The van der Waals surface area contributed by atoms with Crippen molar-refractivity contribution in [2.75, 3.05) is 19.5 Å². The van der Waals surface area contributed by atoms with Crippen molar-refractivity contribution in [2.45, 2.75) is 13.0 Å². The lowest BCUT2D eigenvalue weighted by Gasteiger charge is -2.12. The van der Waals surface area contributed by atoms with Crippen LogP contribution in [0.2, 0.25) is 0 Å². The normalized spacial score (nSPS) is 10.8. The number of benzene rings is 4. The van der Waals surface area contributed by atoms with Gasteiger partial charge in [-0.05, 0) is 52.2 Å². The van der Waals surface area contributed by atoms with Gasteiger partial charge >= 0.3 is 0 Å². The molecule has 2 N–H and O–H groups in total. The van der Waals surface area contributed by atoms with E-state index in [4.69, 9.17) is 14.2 Å². The molecule has 0 aliphatic heterocycles. The number of ether oxygens (including phenoxy) is 3. The van der Waals surface area contributed by atoms with Crippen molar-refractivity contribution >= 4 is 34.5 Å². The monoisotopic (exact) mass is 497 g/mol. The maximum Gasteiger partial charge on any atom is 0.249 e. The number of hydrazone groups is 1. The number of methoxy groups -OCH3 is 2. The first-order valence-electron chi connectivity index (χ1n) is 11.6. The number of nitrogens with zero attached hydrogens (tertiary/aromatic N) is 1. The second-order valence-corrected chi connectivity index (χ2v) is 8.06. The van der Waals surface area contributed by atoms with Crippen LogP contribution in [-0.4, -0.2) is 32.2 Å². The summed E-state index contributed by atoms with van der Waals surface area (Å²) in [5.74, 6) is 0.598. The fourth-order valence-corrected chi connectivity index (χ4v) is 3.76. The molecule has 0 unspecified atom stereocenters. The molecule has 2 amide bonds. The van der Waals surface area contributed by atoms with Gasteiger partial charge in [-0.25, -0.2) is 5.43 Å². The quantitative estimate of drug-likeness (QED) is 0.184. The maximum atomic E-state index is 12.2. The molecule has 0 saturated carbocycles. The average molecular weight is 498 g/mol. The smallest absolute Gasteiger partial charge is 0.249 e. The number of hydrogen-bond donors (Lipinski definition) is 2. The topological polar surface area (TPSA) is 98.2 Å². The summed E-state index contributed by atoms with van der Waals surface area (Å²) >= 11 is 0. The van der Waals surface area contributed by atoms with E-state index in [-0.39, 0.29) is 6.42 Å². The van der Waals surface area contributed by atoms with E-state index in [9.17, 15) is 9.59 Å². The van der Waals surface area contributed by atoms with Gasteiger partial charge in [0, 0.05) is 0 Å². The van der Waals surface area contributed by atoms with Gasteiger partial charge in [0.15, 0.2) is 11.5 Å². The number of carbonyl (C=O) groups is 2. The molecule has 0 fully saturated rings. The van der Waals surface area contributed by atoms with Gasteiger partial charge in [0.2, 0.25) is 11.8 Å². The zero-order chi connectivity index (χ0) is 26.0. The number of nitrogens with one attached hydrogen (secondary N) is 2. The van der Waals surface area contributed by atoms with Crippen molar-refractivity contribution in [1.29, 1.82) is 0 Å².